The van der Waals surface area contributed by atoms with E-state index in [1.165, 1.54) is 19.1 Å². The molecule has 0 radical (unpaired) electrons. The number of carbonyl (C=O) groups excluding carboxylic acids is 1. The van der Waals surface area contributed by atoms with Gasteiger partial charge in [-0.15, -0.1) is 0 Å². The monoisotopic (exact) mass is 384 g/mol. The second kappa shape index (κ2) is 7.20. The van der Waals surface area contributed by atoms with E-state index < -0.39 is 30.1 Å². The first kappa shape index (κ1) is 21.3. The Balaban J connectivity index is 2.45. The van der Waals surface area contributed by atoms with Crippen LogP contribution in [0.4, 0.5) is 18.9 Å². The van der Waals surface area contributed by atoms with Crippen molar-refractivity contribution >= 4 is 24.8 Å². The highest BCUT2D eigenvalue weighted by Gasteiger charge is 2.52. The van der Waals surface area contributed by atoms with Gasteiger partial charge in [0.05, 0.1) is 16.8 Å². The number of nitrogens with one attached hydrogen (secondary N) is 1. The number of carbonyl (C=O) groups is 1. The van der Waals surface area contributed by atoms with Gasteiger partial charge in [-0.05, 0) is 56.9 Å². The third-order valence-corrected chi connectivity index (χ3v) is 4.85. The number of nitrogens with two attached hydrogens (primary N) is 1. The summed E-state index contributed by atoms with van der Waals surface area (Å²) in [6, 6.07) is 3.10. The van der Waals surface area contributed by atoms with E-state index in [0.717, 1.165) is 12.1 Å². The maximum Gasteiger partial charge on any atom is 0.492 e. The molecule has 148 valence electrons. The van der Waals surface area contributed by atoms with E-state index in [-0.39, 0.29) is 23.7 Å². The van der Waals surface area contributed by atoms with Gasteiger partial charge in [0.15, 0.2) is 0 Å². The third kappa shape index (κ3) is 4.84. The van der Waals surface area contributed by atoms with Crippen LogP contribution in [0.2, 0.25) is 0 Å². The fourth-order valence-electron chi connectivity index (χ4n) is 2.50. The molecule has 27 heavy (non-hydrogen) atoms. The number of rotatable bonds is 4. The van der Waals surface area contributed by atoms with Gasteiger partial charge < -0.3 is 20.4 Å². The summed E-state index contributed by atoms with van der Waals surface area (Å²) in [5.41, 5.74) is 4.61. The average Bonchev–Trinajstić information content (AvgIpc) is 2.72. The van der Waals surface area contributed by atoms with Crippen molar-refractivity contribution in [1.29, 1.82) is 0 Å². The van der Waals surface area contributed by atoms with Gasteiger partial charge in [-0.2, -0.15) is 13.2 Å². The lowest BCUT2D eigenvalue weighted by Crippen LogP contribution is -2.41. The van der Waals surface area contributed by atoms with Gasteiger partial charge in [-0.25, -0.2) is 0 Å². The fraction of sp³-hybridized carbons (Fsp3) is 0.500. The normalized spacial score (nSPS) is 19.3. The molecule has 1 aromatic carbocycles. The SMILES string of the molecule is CC(=O)NCC(=Cc1cc(C(F)(F)F)ccc1N)B1OC(C)(C)C(C)(C)O1. The van der Waals surface area contributed by atoms with E-state index in [4.69, 9.17) is 15.0 Å². The van der Waals surface area contributed by atoms with E-state index in [1.54, 1.807) is 0 Å². The number of hydrogen-bond acceptors (Lipinski definition) is 4. The molecular weight excluding hydrogens is 360 g/mol. The maximum absolute atomic E-state index is 13.0. The molecule has 1 heterocycles. The molecule has 0 aromatic heterocycles. The van der Waals surface area contributed by atoms with Crippen molar-refractivity contribution in [2.45, 2.75) is 52.0 Å². The molecule has 3 N–H and O–H groups in total. The van der Waals surface area contributed by atoms with Crippen molar-refractivity contribution in [3.63, 3.8) is 0 Å². The van der Waals surface area contributed by atoms with Crippen LogP contribution in [0, 0.1) is 0 Å². The molecule has 0 aliphatic carbocycles. The van der Waals surface area contributed by atoms with Crippen LogP contribution < -0.4 is 11.1 Å². The van der Waals surface area contributed by atoms with Crippen molar-refractivity contribution in [1.82, 2.24) is 5.32 Å². The molecule has 1 fully saturated rings. The van der Waals surface area contributed by atoms with Crippen LogP contribution in [0.25, 0.3) is 6.08 Å². The summed E-state index contributed by atoms with van der Waals surface area (Å²) in [6.45, 7) is 8.86. The number of halogens is 3. The number of nitrogen functional groups attached to an aromatic ring is 1. The molecule has 1 aromatic rings. The molecule has 1 aliphatic rings. The van der Waals surface area contributed by atoms with Crippen molar-refractivity contribution in [2.24, 2.45) is 0 Å². The van der Waals surface area contributed by atoms with Crippen LogP contribution in [0.5, 0.6) is 0 Å². The van der Waals surface area contributed by atoms with Crippen LogP contribution >= 0.6 is 0 Å². The molecule has 0 saturated carbocycles. The maximum atomic E-state index is 13.0. The van der Waals surface area contributed by atoms with E-state index in [0.29, 0.717) is 5.47 Å². The van der Waals surface area contributed by atoms with E-state index in [9.17, 15) is 18.0 Å². The Morgan fingerprint density at radius 3 is 2.26 bits per heavy atom. The van der Waals surface area contributed by atoms with Crippen molar-refractivity contribution in [3.05, 3.63) is 34.8 Å². The largest absolute Gasteiger partial charge is 0.492 e. The Morgan fingerprint density at radius 2 is 1.78 bits per heavy atom. The summed E-state index contributed by atoms with van der Waals surface area (Å²) in [5, 5.41) is 2.63. The molecule has 0 unspecified atom stereocenters. The number of benzene rings is 1. The summed E-state index contributed by atoms with van der Waals surface area (Å²) in [5.74, 6) is -0.283. The smallest absolute Gasteiger partial charge is 0.400 e. The lowest BCUT2D eigenvalue weighted by atomic mass is 9.76. The van der Waals surface area contributed by atoms with Gasteiger partial charge in [-0.3, -0.25) is 4.79 Å². The van der Waals surface area contributed by atoms with Gasteiger partial charge in [0.1, 0.15) is 0 Å². The quantitative estimate of drug-likeness (QED) is 0.616. The molecule has 9 heteroatoms. The summed E-state index contributed by atoms with van der Waals surface area (Å²) in [6.07, 6.45) is -3.01. The predicted molar refractivity (Wildman–Crippen MR) is 98.6 cm³/mol. The number of anilines is 1. The first-order valence-electron chi connectivity index (χ1n) is 8.50. The second-order valence-electron chi connectivity index (χ2n) is 7.56. The topological polar surface area (TPSA) is 73.6 Å². The summed E-state index contributed by atoms with van der Waals surface area (Å²) < 4.78 is 51.0. The lowest BCUT2D eigenvalue weighted by molar-refractivity contribution is -0.137. The first-order chi connectivity index (χ1) is 12.2. The minimum absolute atomic E-state index is 0.0574. The summed E-state index contributed by atoms with van der Waals surface area (Å²) in [4.78, 5) is 11.3. The lowest BCUT2D eigenvalue weighted by Gasteiger charge is -2.32. The van der Waals surface area contributed by atoms with Crippen LogP contribution in [0.15, 0.2) is 23.7 Å². The van der Waals surface area contributed by atoms with Gasteiger partial charge >= 0.3 is 13.3 Å². The number of hydrogen-bond donors (Lipinski definition) is 2. The second-order valence-corrected chi connectivity index (χ2v) is 7.56. The average molecular weight is 384 g/mol. The number of amides is 1. The van der Waals surface area contributed by atoms with Crippen LogP contribution in [0.1, 0.15) is 45.7 Å². The molecule has 0 atom stereocenters. The highest BCUT2D eigenvalue weighted by atomic mass is 19.4. The van der Waals surface area contributed by atoms with Crippen LogP contribution in [0.3, 0.4) is 0 Å². The summed E-state index contributed by atoms with van der Waals surface area (Å²) >= 11 is 0. The Hall–Kier alpha value is -2.00. The Labute approximate surface area is 157 Å². The Morgan fingerprint density at radius 1 is 1.22 bits per heavy atom. The van der Waals surface area contributed by atoms with E-state index >= 15 is 0 Å². The van der Waals surface area contributed by atoms with Crippen molar-refractivity contribution in [2.75, 3.05) is 12.3 Å². The van der Waals surface area contributed by atoms with Gasteiger partial charge in [0.25, 0.3) is 0 Å². The highest BCUT2D eigenvalue weighted by Crippen LogP contribution is 2.39. The molecule has 0 spiro atoms. The van der Waals surface area contributed by atoms with Crippen molar-refractivity contribution in [3.8, 4) is 0 Å². The fourth-order valence-corrected chi connectivity index (χ4v) is 2.50. The van der Waals surface area contributed by atoms with E-state index in [1.807, 2.05) is 27.7 Å². The molecule has 2 rings (SSSR count). The van der Waals surface area contributed by atoms with Crippen LogP contribution in [-0.2, 0) is 20.3 Å². The first-order valence-corrected chi connectivity index (χ1v) is 8.50. The molecule has 1 aliphatic heterocycles. The number of alkyl halides is 3. The molecular formula is C18H24BF3N2O3. The molecule has 0 bridgehead atoms. The third-order valence-electron chi connectivity index (χ3n) is 4.85. The Bertz CT molecular complexity index is 745. The van der Waals surface area contributed by atoms with Gasteiger partial charge in [0, 0.05) is 19.2 Å². The minimum atomic E-state index is -4.49. The Kier molecular flexibility index (Phi) is 5.68. The van der Waals surface area contributed by atoms with E-state index in [2.05, 4.69) is 5.32 Å². The predicted octanol–water partition coefficient (Wildman–Crippen LogP) is 3.44. The zero-order chi connectivity index (χ0) is 20.6. The summed E-state index contributed by atoms with van der Waals surface area (Å²) in [7, 11) is -0.823. The highest BCUT2D eigenvalue weighted by molar-refractivity contribution is 6.56. The van der Waals surface area contributed by atoms with Gasteiger partial charge in [0.2, 0.25) is 5.91 Å². The zero-order valence-electron chi connectivity index (χ0n) is 16.0. The van der Waals surface area contributed by atoms with Crippen LogP contribution in [-0.4, -0.2) is 30.8 Å². The minimum Gasteiger partial charge on any atom is -0.400 e. The molecule has 1 saturated heterocycles. The van der Waals surface area contributed by atoms with Gasteiger partial charge in [-0.1, -0.05) is 6.08 Å². The zero-order valence-corrected chi connectivity index (χ0v) is 16.0. The molecule has 5 nitrogen and oxygen atoms in total. The van der Waals surface area contributed by atoms with Crippen molar-refractivity contribution < 1.29 is 27.3 Å². The molecule has 1 amide bonds. The standard InChI is InChI=1S/C18H24BF3N2O3/c1-11(25)24-10-14(19-26-16(2,3)17(4,5)27-19)9-12-8-13(18(20,21)22)6-7-15(12)23/h6-9H,10,23H2,1-5H3,(H,24,25).